The number of hydrogen-bond donors (Lipinski definition) is 1. The first-order chi connectivity index (χ1) is 9.34. The molecule has 3 rings (SSSR count). The Morgan fingerprint density at radius 2 is 2.32 bits per heavy atom. The van der Waals surface area contributed by atoms with Crippen molar-refractivity contribution in [2.24, 2.45) is 0 Å². The summed E-state index contributed by atoms with van der Waals surface area (Å²) in [6.07, 6.45) is 2.44. The molecule has 0 spiro atoms. The highest BCUT2D eigenvalue weighted by Gasteiger charge is 2.17. The van der Waals surface area contributed by atoms with Crippen LogP contribution in [0.5, 0.6) is 0 Å². The third kappa shape index (κ3) is 2.67. The first-order valence-electron chi connectivity index (χ1n) is 6.34. The number of ether oxygens (including phenoxy) is 1. The van der Waals surface area contributed by atoms with Crippen LogP contribution in [0.2, 0.25) is 0 Å². The van der Waals surface area contributed by atoms with Crippen LogP contribution in [-0.4, -0.2) is 24.4 Å². The van der Waals surface area contributed by atoms with E-state index in [9.17, 15) is 4.39 Å². The normalized spacial score (nSPS) is 18.9. The van der Waals surface area contributed by atoms with Gasteiger partial charge in [0.1, 0.15) is 17.8 Å². The van der Waals surface area contributed by atoms with Gasteiger partial charge in [-0.25, -0.2) is 4.39 Å². The molecule has 0 bridgehead atoms. The summed E-state index contributed by atoms with van der Waals surface area (Å²) in [5.74, 6) is -0.282. The molecule has 1 aliphatic heterocycles. The van der Waals surface area contributed by atoms with Gasteiger partial charge < -0.3 is 14.6 Å². The molecule has 100 valence electrons. The Morgan fingerprint density at radius 1 is 1.37 bits per heavy atom. The van der Waals surface area contributed by atoms with Gasteiger partial charge in [0.15, 0.2) is 0 Å². The van der Waals surface area contributed by atoms with Gasteiger partial charge in [-0.1, -0.05) is 17.3 Å². The number of nitrogens with zero attached hydrogens (tertiary/aromatic N) is 1. The Balaban J connectivity index is 1.82. The number of halogens is 1. The Morgan fingerprint density at radius 3 is 3.05 bits per heavy atom. The van der Waals surface area contributed by atoms with Gasteiger partial charge in [-0.15, -0.1) is 0 Å². The lowest BCUT2D eigenvalue weighted by Crippen LogP contribution is -2.28. The van der Waals surface area contributed by atoms with Gasteiger partial charge in [-0.3, -0.25) is 0 Å². The average Bonchev–Trinajstić information content (AvgIpc) is 3.09. The minimum atomic E-state index is -0.282. The van der Waals surface area contributed by atoms with Gasteiger partial charge in [-0.05, 0) is 18.1 Å². The molecule has 1 aliphatic rings. The van der Waals surface area contributed by atoms with Gasteiger partial charge >= 0.3 is 0 Å². The molecule has 2 aromatic rings. The lowest BCUT2D eigenvalue weighted by Gasteiger charge is -2.13. The number of aromatic nitrogens is 1. The second-order valence-corrected chi connectivity index (χ2v) is 4.60. The molecule has 1 saturated heterocycles. The maximum Gasteiger partial charge on any atom is 0.133 e. The van der Waals surface area contributed by atoms with Crippen molar-refractivity contribution in [2.45, 2.75) is 19.0 Å². The van der Waals surface area contributed by atoms with E-state index in [0.717, 1.165) is 18.6 Å². The van der Waals surface area contributed by atoms with Crippen LogP contribution < -0.4 is 5.32 Å². The predicted molar refractivity (Wildman–Crippen MR) is 68.0 cm³/mol. The summed E-state index contributed by atoms with van der Waals surface area (Å²) in [7, 11) is 0. The summed E-state index contributed by atoms with van der Waals surface area (Å²) in [5, 5.41) is 7.20. The van der Waals surface area contributed by atoms with Gasteiger partial charge in [0.25, 0.3) is 0 Å². The minimum Gasteiger partial charge on any atom is -0.380 e. The first-order valence-corrected chi connectivity index (χ1v) is 6.34. The zero-order valence-electron chi connectivity index (χ0n) is 10.4. The van der Waals surface area contributed by atoms with Crippen molar-refractivity contribution in [3.63, 3.8) is 0 Å². The molecule has 0 amide bonds. The summed E-state index contributed by atoms with van der Waals surface area (Å²) in [6, 6.07) is 7.05. The summed E-state index contributed by atoms with van der Waals surface area (Å²) >= 11 is 0. The van der Waals surface area contributed by atoms with E-state index >= 15 is 0 Å². The maximum atomic E-state index is 14.0. The summed E-state index contributed by atoms with van der Waals surface area (Å²) in [5.41, 5.74) is 1.90. The van der Waals surface area contributed by atoms with Crippen molar-refractivity contribution in [3.05, 3.63) is 41.9 Å². The van der Waals surface area contributed by atoms with Crippen LogP contribution in [0.25, 0.3) is 11.3 Å². The topological polar surface area (TPSA) is 47.3 Å². The predicted octanol–water partition coefficient (Wildman–Crippen LogP) is 2.36. The molecule has 1 fully saturated rings. The number of hydrogen-bond acceptors (Lipinski definition) is 4. The molecular weight excluding hydrogens is 247 g/mol. The lowest BCUT2D eigenvalue weighted by molar-refractivity contribution is 0.190. The second-order valence-electron chi connectivity index (χ2n) is 4.60. The fourth-order valence-electron chi connectivity index (χ4n) is 2.29. The highest BCUT2D eigenvalue weighted by Crippen LogP contribution is 2.25. The van der Waals surface area contributed by atoms with Crippen molar-refractivity contribution in [2.75, 3.05) is 13.2 Å². The smallest absolute Gasteiger partial charge is 0.133 e. The van der Waals surface area contributed by atoms with Gasteiger partial charge in [0.2, 0.25) is 0 Å². The second kappa shape index (κ2) is 5.50. The molecule has 1 N–H and O–H groups in total. The quantitative estimate of drug-likeness (QED) is 0.918. The Hall–Kier alpha value is -1.72. The third-order valence-corrected chi connectivity index (χ3v) is 3.30. The van der Waals surface area contributed by atoms with Crippen molar-refractivity contribution in [3.8, 4) is 11.3 Å². The highest BCUT2D eigenvalue weighted by molar-refractivity contribution is 5.63. The van der Waals surface area contributed by atoms with E-state index in [0.29, 0.717) is 30.5 Å². The highest BCUT2D eigenvalue weighted by atomic mass is 19.1. The summed E-state index contributed by atoms with van der Waals surface area (Å²) in [6.45, 7) is 2.10. The Labute approximate surface area is 110 Å². The molecule has 0 radical (unpaired) electrons. The SMILES string of the molecule is Fc1cccc(CNC2CCOC2)c1-c1ccon1. The number of rotatable bonds is 4. The molecule has 1 unspecified atom stereocenters. The molecule has 1 aromatic heterocycles. The molecule has 19 heavy (non-hydrogen) atoms. The van der Waals surface area contributed by atoms with Crippen LogP contribution in [-0.2, 0) is 11.3 Å². The molecule has 1 aromatic carbocycles. The van der Waals surface area contributed by atoms with Crippen molar-refractivity contribution in [1.29, 1.82) is 0 Å². The van der Waals surface area contributed by atoms with E-state index in [-0.39, 0.29) is 5.82 Å². The van der Waals surface area contributed by atoms with Crippen molar-refractivity contribution in [1.82, 2.24) is 10.5 Å². The standard InChI is InChI=1S/C14H15FN2O2/c15-12-3-1-2-10(8-16-11-4-6-18-9-11)14(12)13-5-7-19-17-13/h1-3,5,7,11,16H,4,6,8-9H2. The van der Waals surface area contributed by atoms with Crippen LogP contribution in [0.15, 0.2) is 35.1 Å². The summed E-state index contributed by atoms with van der Waals surface area (Å²) < 4.78 is 24.1. The minimum absolute atomic E-state index is 0.282. The number of benzene rings is 1. The van der Waals surface area contributed by atoms with E-state index in [4.69, 9.17) is 9.26 Å². The molecule has 5 heteroatoms. The lowest BCUT2D eigenvalue weighted by atomic mass is 10.0. The monoisotopic (exact) mass is 262 g/mol. The van der Waals surface area contributed by atoms with Crippen LogP contribution in [0.3, 0.4) is 0 Å². The average molecular weight is 262 g/mol. The molecule has 4 nitrogen and oxygen atoms in total. The zero-order valence-corrected chi connectivity index (χ0v) is 10.4. The maximum absolute atomic E-state index is 14.0. The molecule has 2 heterocycles. The van der Waals surface area contributed by atoms with E-state index in [2.05, 4.69) is 10.5 Å². The molecule has 0 saturated carbocycles. The fraction of sp³-hybridized carbons (Fsp3) is 0.357. The summed E-state index contributed by atoms with van der Waals surface area (Å²) in [4.78, 5) is 0. The van der Waals surface area contributed by atoms with Crippen LogP contribution in [0.1, 0.15) is 12.0 Å². The molecule has 1 atom stereocenters. The Kier molecular flexibility index (Phi) is 3.57. The van der Waals surface area contributed by atoms with Crippen molar-refractivity contribution < 1.29 is 13.7 Å². The van der Waals surface area contributed by atoms with Gasteiger partial charge in [0.05, 0.1) is 6.61 Å². The zero-order chi connectivity index (χ0) is 13.1. The van der Waals surface area contributed by atoms with Crippen LogP contribution in [0.4, 0.5) is 4.39 Å². The largest absolute Gasteiger partial charge is 0.380 e. The van der Waals surface area contributed by atoms with Crippen LogP contribution >= 0.6 is 0 Å². The van der Waals surface area contributed by atoms with E-state index in [1.807, 2.05) is 6.07 Å². The molecule has 0 aliphatic carbocycles. The van der Waals surface area contributed by atoms with Gasteiger partial charge in [0, 0.05) is 30.8 Å². The van der Waals surface area contributed by atoms with Gasteiger partial charge in [-0.2, -0.15) is 0 Å². The third-order valence-electron chi connectivity index (χ3n) is 3.30. The van der Waals surface area contributed by atoms with E-state index in [1.54, 1.807) is 12.1 Å². The first kappa shape index (κ1) is 12.3. The number of nitrogens with one attached hydrogen (secondary N) is 1. The Bertz CT molecular complexity index is 536. The van der Waals surface area contributed by atoms with E-state index in [1.165, 1.54) is 12.3 Å². The fourth-order valence-corrected chi connectivity index (χ4v) is 2.29. The molecular formula is C14H15FN2O2. The van der Waals surface area contributed by atoms with E-state index < -0.39 is 0 Å². The van der Waals surface area contributed by atoms with Crippen molar-refractivity contribution >= 4 is 0 Å². The van der Waals surface area contributed by atoms with Crippen LogP contribution in [0, 0.1) is 5.82 Å².